The summed E-state index contributed by atoms with van der Waals surface area (Å²) in [6, 6.07) is 12.5. The van der Waals surface area contributed by atoms with Gasteiger partial charge in [-0.25, -0.2) is 0 Å². The Morgan fingerprint density at radius 1 is 1.06 bits per heavy atom. The molecule has 2 nitrogen and oxygen atoms in total. The van der Waals surface area contributed by atoms with Crippen LogP contribution in [-0.4, -0.2) is 13.2 Å². The predicted octanol–water partition coefficient (Wildman–Crippen LogP) is 4.06. The maximum absolute atomic E-state index is 5.78. The quantitative estimate of drug-likeness (QED) is 0.834. The van der Waals surface area contributed by atoms with E-state index < -0.39 is 0 Å². The first kappa shape index (κ1) is 11.8. The molecule has 0 saturated carbocycles. The monoisotopic (exact) mass is 229 g/mol. The maximum Gasteiger partial charge on any atom is 0.143 e. The molecular formula is C15H19NO. The minimum absolute atomic E-state index is 0.761. The van der Waals surface area contributed by atoms with E-state index in [1.807, 2.05) is 0 Å². The third-order valence-electron chi connectivity index (χ3n) is 2.71. The van der Waals surface area contributed by atoms with Crippen molar-refractivity contribution in [3.63, 3.8) is 0 Å². The van der Waals surface area contributed by atoms with E-state index in [0.717, 1.165) is 31.0 Å². The largest absolute Gasteiger partial charge is 0.491 e. The number of anilines is 1. The Kier molecular flexibility index (Phi) is 3.86. The molecule has 2 heteroatoms. The molecule has 0 aliphatic rings. The van der Waals surface area contributed by atoms with Crippen LogP contribution in [0.5, 0.6) is 5.75 Å². The fourth-order valence-electron chi connectivity index (χ4n) is 1.94. The number of ether oxygens (including phenoxy) is 1. The number of fused-ring (bicyclic) bond motifs is 1. The Bertz CT molecular complexity index is 493. The molecule has 90 valence electrons. The summed E-state index contributed by atoms with van der Waals surface area (Å²) in [5.41, 5.74) is 1.11. The first-order valence-electron chi connectivity index (χ1n) is 6.25. The fourth-order valence-corrected chi connectivity index (χ4v) is 1.94. The summed E-state index contributed by atoms with van der Waals surface area (Å²) in [6.07, 6.45) is 1.03. The zero-order valence-corrected chi connectivity index (χ0v) is 10.5. The van der Waals surface area contributed by atoms with Gasteiger partial charge in [0.1, 0.15) is 5.75 Å². The molecule has 1 N–H and O–H groups in total. The molecule has 0 atom stereocenters. The zero-order chi connectivity index (χ0) is 12.1. The van der Waals surface area contributed by atoms with Crippen LogP contribution < -0.4 is 10.1 Å². The average molecular weight is 229 g/mol. The van der Waals surface area contributed by atoms with Gasteiger partial charge in [-0.1, -0.05) is 37.3 Å². The second-order valence-corrected chi connectivity index (χ2v) is 4.04. The van der Waals surface area contributed by atoms with Crippen LogP contribution >= 0.6 is 0 Å². The Balaban J connectivity index is 2.47. The van der Waals surface area contributed by atoms with Crippen molar-refractivity contribution in [2.75, 3.05) is 18.5 Å². The minimum Gasteiger partial charge on any atom is -0.491 e. The first-order chi connectivity index (χ1) is 8.36. The van der Waals surface area contributed by atoms with Gasteiger partial charge in [-0.05, 0) is 24.8 Å². The van der Waals surface area contributed by atoms with Crippen LogP contribution in [0.15, 0.2) is 36.4 Å². The second-order valence-electron chi connectivity index (χ2n) is 4.04. The highest BCUT2D eigenvalue weighted by Gasteiger charge is 2.07. The van der Waals surface area contributed by atoms with E-state index in [0.29, 0.717) is 0 Å². The summed E-state index contributed by atoms with van der Waals surface area (Å²) >= 11 is 0. The van der Waals surface area contributed by atoms with Gasteiger partial charge in [-0.2, -0.15) is 0 Å². The van der Waals surface area contributed by atoms with Crippen LogP contribution in [0.25, 0.3) is 10.8 Å². The molecule has 0 heterocycles. The molecule has 0 bridgehead atoms. The third kappa shape index (κ3) is 2.52. The number of rotatable bonds is 5. The van der Waals surface area contributed by atoms with Gasteiger partial charge in [0.15, 0.2) is 0 Å². The van der Waals surface area contributed by atoms with Gasteiger partial charge in [0.05, 0.1) is 12.3 Å². The molecule has 0 unspecified atom stereocenters. The Morgan fingerprint density at radius 3 is 2.65 bits per heavy atom. The highest BCUT2D eigenvalue weighted by atomic mass is 16.5. The zero-order valence-electron chi connectivity index (χ0n) is 10.5. The smallest absolute Gasteiger partial charge is 0.143 e. The Morgan fingerprint density at radius 2 is 1.88 bits per heavy atom. The summed E-state index contributed by atoms with van der Waals surface area (Å²) in [6.45, 7) is 5.88. The van der Waals surface area contributed by atoms with Crippen molar-refractivity contribution in [3.05, 3.63) is 36.4 Å². The van der Waals surface area contributed by atoms with Crippen molar-refractivity contribution in [1.29, 1.82) is 0 Å². The molecule has 2 aromatic rings. The van der Waals surface area contributed by atoms with Crippen molar-refractivity contribution in [1.82, 2.24) is 0 Å². The van der Waals surface area contributed by atoms with Gasteiger partial charge >= 0.3 is 0 Å². The van der Waals surface area contributed by atoms with Gasteiger partial charge in [-0.3, -0.25) is 0 Å². The SMILES string of the molecule is CCCOc1ccc2ccccc2c1NCC. The van der Waals surface area contributed by atoms with Crippen LogP contribution in [0, 0.1) is 0 Å². The molecule has 2 aromatic carbocycles. The van der Waals surface area contributed by atoms with Crippen molar-refractivity contribution < 1.29 is 4.74 Å². The summed E-state index contributed by atoms with van der Waals surface area (Å²) in [5.74, 6) is 0.951. The predicted molar refractivity (Wildman–Crippen MR) is 73.9 cm³/mol. The van der Waals surface area contributed by atoms with Gasteiger partial charge < -0.3 is 10.1 Å². The molecule has 0 fully saturated rings. The van der Waals surface area contributed by atoms with Gasteiger partial charge in [0, 0.05) is 11.9 Å². The third-order valence-corrected chi connectivity index (χ3v) is 2.71. The van der Waals surface area contributed by atoms with E-state index in [2.05, 4.69) is 55.6 Å². The highest BCUT2D eigenvalue weighted by molar-refractivity contribution is 5.96. The molecule has 0 radical (unpaired) electrons. The second kappa shape index (κ2) is 5.58. The van der Waals surface area contributed by atoms with Crippen LogP contribution in [0.4, 0.5) is 5.69 Å². The van der Waals surface area contributed by atoms with Crippen molar-refractivity contribution in [2.45, 2.75) is 20.3 Å². The van der Waals surface area contributed by atoms with Crippen LogP contribution in [0.2, 0.25) is 0 Å². The van der Waals surface area contributed by atoms with E-state index in [9.17, 15) is 0 Å². The normalized spacial score (nSPS) is 10.5. The van der Waals surface area contributed by atoms with Gasteiger partial charge in [0.2, 0.25) is 0 Å². The number of hydrogen-bond acceptors (Lipinski definition) is 2. The molecule has 0 aliphatic carbocycles. The van der Waals surface area contributed by atoms with Crippen molar-refractivity contribution in [3.8, 4) is 5.75 Å². The maximum atomic E-state index is 5.78. The molecule has 0 spiro atoms. The summed E-state index contributed by atoms with van der Waals surface area (Å²) < 4.78 is 5.78. The average Bonchev–Trinajstić information content (AvgIpc) is 2.38. The minimum atomic E-state index is 0.761. The van der Waals surface area contributed by atoms with E-state index in [4.69, 9.17) is 4.74 Å². The summed E-state index contributed by atoms with van der Waals surface area (Å²) in [5, 5.41) is 5.87. The molecule has 0 aliphatic heterocycles. The lowest BCUT2D eigenvalue weighted by Crippen LogP contribution is -2.03. The van der Waals surface area contributed by atoms with Crippen LogP contribution in [-0.2, 0) is 0 Å². The number of hydrogen-bond donors (Lipinski definition) is 1. The Hall–Kier alpha value is -1.70. The lowest BCUT2D eigenvalue weighted by molar-refractivity contribution is 0.319. The number of nitrogens with one attached hydrogen (secondary N) is 1. The molecular weight excluding hydrogens is 210 g/mol. The molecule has 0 saturated heterocycles. The van der Waals surface area contributed by atoms with Crippen LogP contribution in [0.1, 0.15) is 20.3 Å². The summed E-state index contributed by atoms with van der Waals surface area (Å²) in [4.78, 5) is 0. The van der Waals surface area contributed by atoms with Gasteiger partial charge in [0.25, 0.3) is 0 Å². The standard InChI is InChI=1S/C15H19NO/c1-3-11-17-14-10-9-12-7-5-6-8-13(12)15(14)16-4-2/h5-10,16H,3-4,11H2,1-2H3. The number of benzene rings is 2. The first-order valence-corrected chi connectivity index (χ1v) is 6.25. The van der Waals surface area contributed by atoms with Gasteiger partial charge in [-0.15, -0.1) is 0 Å². The topological polar surface area (TPSA) is 21.3 Å². The van der Waals surface area contributed by atoms with Crippen molar-refractivity contribution in [2.24, 2.45) is 0 Å². The van der Waals surface area contributed by atoms with Crippen molar-refractivity contribution >= 4 is 16.5 Å². The molecule has 17 heavy (non-hydrogen) atoms. The van der Waals surface area contributed by atoms with E-state index in [-0.39, 0.29) is 0 Å². The Labute approximate surface area is 103 Å². The summed E-state index contributed by atoms with van der Waals surface area (Å²) in [7, 11) is 0. The van der Waals surface area contributed by atoms with E-state index in [1.165, 1.54) is 10.8 Å². The van der Waals surface area contributed by atoms with Crippen LogP contribution in [0.3, 0.4) is 0 Å². The lowest BCUT2D eigenvalue weighted by atomic mass is 10.1. The fraction of sp³-hybridized carbons (Fsp3) is 0.333. The molecule has 2 rings (SSSR count). The van der Waals surface area contributed by atoms with E-state index >= 15 is 0 Å². The molecule has 0 aromatic heterocycles. The lowest BCUT2D eigenvalue weighted by Gasteiger charge is -2.14. The van der Waals surface area contributed by atoms with E-state index in [1.54, 1.807) is 0 Å². The molecule has 0 amide bonds. The highest BCUT2D eigenvalue weighted by Crippen LogP contribution is 2.33.